The third-order valence-corrected chi connectivity index (χ3v) is 5.79. The van der Waals surface area contributed by atoms with Gasteiger partial charge in [-0.25, -0.2) is 0 Å². The van der Waals surface area contributed by atoms with Crippen molar-refractivity contribution in [3.05, 3.63) is 12.2 Å². The minimum atomic E-state index is -1.94. The van der Waals surface area contributed by atoms with Crippen LogP contribution in [-0.4, -0.2) is 36.0 Å². The van der Waals surface area contributed by atoms with Gasteiger partial charge in [0.2, 0.25) is 0 Å². The van der Waals surface area contributed by atoms with Crippen LogP contribution in [0.5, 0.6) is 0 Å². The summed E-state index contributed by atoms with van der Waals surface area (Å²) in [7, 11) is 1.50. The van der Waals surface area contributed by atoms with Crippen LogP contribution in [0, 0.1) is 0 Å². The highest BCUT2D eigenvalue weighted by Crippen LogP contribution is 2.16. The Morgan fingerprint density at radius 2 is 1.86 bits per heavy atom. The van der Waals surface area contributed by atoms with Crippen molar-refractivity contribution in [3.63, 3.8) is 0 Å². The van der Waals surface area contributed by atoms with Gasteiger partial charge in [-0.3, -0.25) is 0 Å². The second-order valence-corrected chi connectivity index (χ2v) is 7.28. The van der Waals surface area contributed by atoms with Gasteiger partial charge in [-0.05, 0) is 13.0 Å². The first-order chi connectivity index (χ1) is 6.60. The first-order valence-electron chi connectivity index (χ1n) is 4.92. The van der Waals surface area contributed by atoms with E-state index in [1.54, 1.807) is 14.2 Å². The Morgan fingerprint density at radius 1 is 1.29 bits per heavy atom. The van der Waals surface area contributed by atoms with Crippen molar-refractivity contribution in [2.75, 3.05) is 27.4 Å². The van der Waals surface area contributed by atoms with Crippen molar-refractivity contribution in [2.24, 2.45) is 0 Å². The summed E-state index contributed by atoms with van der Waals surface area (Å²) in [6.07, 6.45) is 0. The molecule has 0 aliphatic carbocycles. The second kappa shape index (κ2) is 7.17. The highest BCUT2D eigenvalue weighted by molar-refractivity contribution is 6.67. The molecule has 0 aromatic carbocycles. The van der Waals surface area contributed by atoms with Crippen LogP contribution < -0.4 is 0 Å². The summed E-state index contributed by atoms with van der Waals surface area (Å²) in [6.45, 7) is 9.14. The van der Waals surface area contributed by atoms with Gasteiger partial charge in [0.15, 0.2) is 0 Å². The van der Waals surface area contributed by atoms with Crippen molar-refractivity contribution in [1.29, 1.82) is 0 Å². The summed E-state index contributed by atoms with van der Waals surface area (Å²) in [5.74, 6) is 0. The molecule has 0 unspecified atom stereocenters. The standard InChI is InChI=1S/C10H22O3Si/c1-6-14(11-4,12-5)8-7-13-9-10(2)3/h2,6-9H2,1,3-5H3. The van der Waals surface area contributed by atoms with Crippen LogP contribution in [0.3, 0.4) is 0 Å². The molecule has 0 saturated heterocycles. The van der Waals surface area contributed by atoms with Crippen LogP contribution in [0.2, 0.25) is 12.1 Å². The Hall–Kier alpha value is -0.163. The molecule has 4 heteroatoms. The predicted molar refractivity (Wildman–Crippen MR) is 60.7 cm³/mol. The Bertz CT molecular complexity index is 158. The van der Waals surface area contributed by atoms with Crippen LogP contribution in [-0.2, 0) is 13.6 Å². The van der Waals surface area contributed by atoms with Crippen molar-refractivity contribution in [1.82, 2.24) is 0 Å². The Kier molecular flexibility index (Phi) is 7.09. The van der Waals surface area contributed by atoms with Crippen LogP contribution in [0.1, 0.15) is 13.8 Å². The maximum absolute atomic E-state index is 5.46. The summed E-state index contributed by atoms with van der Waals surface area (Å²) in [6, 6.07) is 1.83. The molecule has 0 rings (SSSR count). The zero-order valence-corrected chi connectivity index (χ0v) is 10.8. The van der Waals surface area contributed by atoms with E-state index in [1.807, 2.05) is 6.92 Å². The van der Waals surface area contributed by atoms with E-state index in [-0.39, 0.29) is 0 Å². The summed E-state index contributed by atoms with van der Waals surface area (Å²) in [5, 5.41) is 0. The highest BCUT2D eigenvalue weighted by atomic mass is 28.4. The quantitative estimate of drug-likeness (QED) is 0.355. The molecule has 0 atom stereocenters. The fourth-order valence-corrected chi connectivity index (χ4v) is 3.19. The zero-order valence-electron chi connectivity index (χ0n) is 9.76. The Balaban J connectivity index is 3.77. The summed E-state index contributed by atoms with van der Waals surface area (Å²) >= 11 is 0. The van der Waals surface area contributed by atoms with E-state index in [0.717, 1.165) is 17.7 Å². The fraction of sp³-hybridized carbons (Fsp3) is 0.800. The molecular weight excluding hydrogens is 196 g/mol. The molecule has 0 aromatic heterocycles. The lowest BCUT2D eigenvalue weighted by molar-refractivity contribution is 0.154. The SMILES string of the molecule is C=C(C)COCC[Si](CC)(OC)OC. The summed E-state index contributed by atoms with van der Waals surface area (Å²) in [5.41, 5.74) is 1.04. The normalized spacial score (nSPS) is 11.7. The molecule has 0 fully saturated rings. The van der Waals surface area contributed by atoms with Gasteiger partial charge in [0.25, 0.3) is 0 Å². The van der Waals surface area contributed by atoms with Crippen molar-refractivity contribution in [2.45, 2.75) is 25.9 Å². The average molecular weight is 218 g/mol. The number of hydrogen-bond donors (Lipinski definition) is 0. The zero-order chi connectivity index (χ0) is 11.0. The smallest absolute Gasteiger partial charge is 0.339 e. The van der Waals surface area contributed by atoms with E-state index in [4.69, 9.17) is 13.6 Å². The Morgan fingerprint density at radius 3 is 2.21 bits per heavy atom. The van der Waals surface area contributed by atoms with E-state index >= 15 is 0 Å². The van der Waals surface area contributed by atoms with Gasteiger partial charge >= 0.3 is 8.56 Å². The fourth-order valence-electron chi connectivity index (χ4n) is 1.23. The maximum atomic E-state index is 5.46. The minimum Gasteiger partial charge on any atom is -0.398 e. The van der Waals surface area contributed by atoms with Crippen LogP contribution in [0.15, 0.2) is 12.2 Å². The lowest BCUT2D eigenvalue weighted by atomic mass is 10.4. The highest BCUT2D eigenvalue weighted by Gasteiger charge is 2.32. The van der Waals surface area contributed by atoms with Gasteiger partial charge in [0, 0.05) is 26.9 Å². The average Bonchev–Trinajstić information content (AvgIpc) is 2.19. The van der Waals surface area contributed by atoms with Gasteiger partial charge in [-0.1, -0.05) is 19.1 Å². The van der Waals surface area contributed by atoms with Gasteiger partial charge in [-0.2, -0.15) is 0 Å². The third kappa shape index (κ3) is 4.90. The lowest BCUT2D eigenvalue weighted by Crippen LogP contribution is -2.40. The van der Waals surface area contributed by atoms with E-state index in [1.165, 1.54) is 0 Å². The number of hydrogen-bond acceptors (Lipinski definition) is 3. The van der Waals surface area contributed by atoms with Crippen LogP contribution in [0.25, 0.3) is 0 Å². The summed E-state index contributed by atoms with van der Waals surface area (Å²) < 4.78 is 16.3. The van der Waals surface area contributed by atoms with E-state index in [9.17, 15) is 0 Å². The van der Waals surface area contributed by atoms with Gasteiger partial charge < -0.3 is 13.6 Å². The molecule has 0 bridgehead atoms. The number of ether oxygens (including phenoxy) is 1. The number of rotatable bonds is 8. The van der Waals surface area contributed by atoms with E-state index < -0.39 is 8.56 Å². The van der Waals surface area contributed by atoms with Gasteiger partial charge in [0.05, 0.1) is 6.61 Å². The van der Waals surface area contributed by atoms with Gasteiger partial charge in [-0.15, -0.1) is 0 Å². The molecule has 0 amide bonds. The molecule has 0 saturated carbocycles. The first-order valence-corrected chi connectivity index (χ1v) is 7.15. The molecule has 3 nitrogen and oxygen atoms in total. The molecule has 0 N–H and O–H groups in total. The largest absolute Gasteiger partial charge is 0.398 e. The maximum Gasteiger partial charge on any atom is 0.339 e. The van der Waals surface area contributed by atoms with E-state index in [2.05, 4.69) is 13.5 Å². The third-order valence-electron chi connectivity index (χ3n) is 2.26. The topological polar surface area (TPSA) is 27.7 Å². The molecule has 0 spiro atoms. The van der Waals surface area contributed by atoms with Gasteiger partial charge in [0.1, 0.15) is 0 Å². The lowest BCUT2D eigenvalue weighted by Gasteiger charge is -2.25. The van der Waals surface area contributed by atoms with Crippen LogP contribution >= 0.6 is 0 Å². The minimum absolute atomic E-state index is 0.627. The molecule has 84 valence electrons. The second-order valence-electron chi connectivity index (χ2n) is 3.43. The van der Waals surface area contributed by atoms with Crippen molar-refractivity contribution >= 4 is 8.56 Å². The van der Waals surface area contributed by atoms with Crippen molar-refractivity contribution < 1.29 is 13.6 Å². The molecular formula is C10H22O3Si. The first kappa shape index (κ1) is 13.8. The van der Waals surface area contributed by atoms with E-state index in [0.29, 0.717) is 13.2 Å². The molecule has 0 radical (unpaired) electrons. The monoisotopic (exact) mass is 218 g/mol. The summed E-state index contributed by atoms with van der Waals surface area (Å²) in [4.78, 5) is 0. The molecule has 14 heavy (non-hydrogen) atoms. The predicted octanol–water partition coefficient (Wildman–Crippen LogP) is 2.33. The van der Waals surface area contributed by atoms with Crippen molar-refractivity contribution in [3.8, 4) is 0 Å². The molecule has 0 aliphatic heterocycles. The molecule has 0 heterocycles. The molecule has 0 aliphatic rings. The van der Waals surface area contributed by atoms with Crippen LogP contribution in [0.4, 0.5) is 0 Å². The Labute approximate surface area is 88.3 Å². The molecule has 0 aromatic rings.